The van der Waals surface area contributed by atoms with Crippen molar-refractivity contribution in [1.82, 2.24) is 10.2 Å². The second kappa shape index (κ2) is 6.38. The van der Waals surface area contributed by atoms with Crippen molar-refractivity contribution >= 4 is 11.3 Å². The smallest absolute Gasteiger partial charge is 0.0299 e. The van der Waals surface area contributed by atoms with Crippen molar-refractivity contribution < 1.29 is 0 Å². The van der Waals surface area contributed by atoms with Crippen LogP contribution in [-0.4, -0.2) is 31.1 Å². The summed E-state index contributed by atoms with van der Waals surface area (Å²) in [7, 11) is 0. The van der Waals surface area contributed by atoms with E-state index in [2.05, 4.69) is 34.7 Å². The Bertz CT molecular complexity index is 284. The first-order chi connectivity index (χ1) is 7.88. The molecular weight excluding hydrogens is 216 g/mol. The minimum atomic E-state index is 0.855. The number of nitrogens with one attached hydrogen (secondary N) is 1. The predicted octanol–water partition coefficient (Wildman–Crippen LogP) is 2.57. The Hall–Kier alpha value is -0.380. The van der Waals surface area contributed by atoms with Gasteiger partial charge >= 0.3 is 0 Å². The number of piperidine rings is 1. The number of likely N-dealkylation sites (tertiary alicyclic amines) is 1. The summed E-state index contributed by atoms with van der Waals surface area (Å²) in [5, 5.41) is 5.74. The van der Waals surface area contributed by atoms with Crippen LogP contribution in [-0.2, 0) is 6.54 Å². The van der Waals surface area contributed by atoms with Crippen molar-refractivity contribution in [3.05, 3.63) is 22.4 Å². The summed E-state index contributed by atoms with van der Waals surface area (Å²) in [6, 6.07) is 4.33. The van der Waals surface area contributed by atoms with E-state index in [0.717, 1.165) is 12.5 Å². The maximum Gasteiger partial charge on any atom is 0.0299 e. The summed E-state index contributed by atoms with van der Waals surface area (Å²) >= 11 is 1.84. The molecule has 1 aliphatic heterocycles. The lowest BCUT2D eigenvalue weighted by atomic mass is 9.98. The van der Waals surface area contributed by atoms with Gasteiger partial charge in [0, 0.05) is 18.0 Å². The highest BCUT2D eigenvalue weighted by atomic mass is 32.1. The van der Waals surface area contributed by atoms with E-state index in [1.165, 1.54) is 43.9 Å². The molecule has 0 spiro atoms. The van der Waals surface area contributed by atoms with E-state index in [4.69, 9.17) is 0 Å². The zero-order valence-electron chi connectivity index (χ0n) is 10.1. The molecule has 2 rings (SSSR count). The second-order valence-corrected chi connectivity index (χ2v) is 5.64. The average Bonchev–Trinajstić information content (AvgIpc) is 2.82. The van der Waals surface area contributed by atoms with Gasteiger partial charge in [0.05, 0.1) is 0 Å². The van der Waals surface area contributed by atoms with Gasteiger partial charge in [-0.2, -0.15) is 0 Å². The Labute approximate surface area is 103 Å². The van der Waals surface area contributed by atoms with Crippen LogP contribution >= 0.6 is 11.3 Å². The zero-order valence-corrected chi connectivity index (χ0v) is 10.9. The fourth-order valence-electron chi connectivity index (χ4n) is 2.42. The van der Waals surface area contributed by atoms with E-state index >= 15 is 0 Å². The molecule has 2 heterocycles. The van der Waals surface area contributed by atoms with Crippen molar-refractivity contribution in [2.24, 2.45) is 5.92 Å². The van der Waals surface area contributed by atoms with Crippen LogP contribution in [0, 0.1) is 5.92 Å². The highest BCUT2D eigenvalue weighted by molar-refractivity contribution is 7.09. The maximum atomic E-state index is 3.59. The molecule has 1 N–H and O–H groups in total. The van der Waals surface area contributed by atoms with Gasteiger partial charge in [-0.25, -0.2) is 0 Å². The first-order valence-electron chi connectivity index (χ1n) is 6.34. The first-order valence-corrected chi connectivity index (χ1v) is 7.22. The molecule has 16 heavy (non-hydrogen) atoms. The number of hydrogen-bond donors (Lipinski definition) is 1. The maximum absolute atomic E-state index is 3.59. The van der Waals surface area contributed by atoms with Gasteiger partial charge in [-0.05, 0) is 49.8 Å². The number of rotatable bonds is 5. The van der Waals surface area contributed by atoms with Crippen molar-refractivity contribution in [2.45, 2.75) is 26.3 Å². The van der Waals surface area contributed by atoms with E-state index in [9.17, 15) is 0 Å². The topological polar surface area (TPSA) is 15.3 Å². The molecule has 1 fully saturated rings. The van der Waals surface area contributed by atoms with Gasteiger partial charge in [0.1, 0.15) is 0 Å². The number of hydrogen-bond acceptors (Lipinski definition) is 3. The third kappa shape index (κ3) is 3.58. The molecule has 0 saturated carbocycles. The van der Waals surface area contributed by atoms with E-state index in [0.29, 0.717) is 0 Å². The molecule has 1 aliphatic rings. The molecule has 1 aromatic heterocycles. The van der Waals surface area contributed by atoms with E-state index in [1.54, 1.807) is 0 Å². The standard InChI is InChI=1S/C13H22N2S/c1-2-15-7-3-5-12(11-15)9-14-10-13-6-4-8-16-13/h4,6,8,12,14H,2-3,5,7,9-11H2,1H3. The van der Waals surface area contributed by atoms with Crippen LogP contribution in [0.15, 0.2) is 17.5 Å². The zero-order chi connectivity index (χ0) is 11.2. The monoisotopic (exact) mass is 238 g/mol. The lowest BCUT2D eigenvalue weighted by Gasteiger charge is -2.31. The van der Waals surface area contributed by atoms with Crippen LogP contribution in [0.2, 0.25) is 0 Å². The van der Waals surface area contributed by atoms with Crippen LogP contribution in [0.5, 0.6) is 0 Å². The molecule has 0 aliphatic carbocycles. The highest BCUT2D eigenvalue weighted by Crippen LogP contribution is 2.15. The number of thiophene rings is 1. The quantitative estimate of drug-likeness (QED) is 0.848. The van der Waals surface area contributed by atoms with Gasteiger partial charge in [0.25, 0.3) is 0 Å². The fraction of sp³-hybridized carbons (Fsp3) is 0.692. The second-order valence-electron chi connectivity index (χ2n) is 4.61. The van der Waals surface area contributed by atoms with E-state index in [-0.39, 0.29) is 0 Å². The average molecular weight is 238 g/mol. The Balaban J connectivity index is 1.65. The van der Waals surface area contributed by atoms with Gasteiger partial charge in [-0.1, -0.05) is 13.0 Å². The Kier molecular flexibility index (Phi) is 4.82. The van der Waals surface area contributed by atoms with E-state index < -0.39 is 0 Å². The molecule has 3 heteroatoms. The van der Waals surface area contributed by atoms with Crippen LogP contribution in [0.3, 0.4) is 0 Å². The molecule has 0 bridgehead atoms. The summed E-state index contributed by atoms with van der Waals surface area (Å²) in [6.45, 7) is 8.28. The van der Waals surface area contributed by atoms with Gasteiger partial charge in [-0.3, -0.25) is 0 Å². The first kappa shape index (κ1) is 12.1. The molecule has 1 aromatic rings. The normalized spacial score (nSPS) is 22.4. The van der Waals surface area contributed by atoms with Crippen molar-refractivity contribution in [3.63, 3.8) is 0 Å². The van der Waals surface area contributed by atoms with E-state index in [1.807, 2.05) is 11.3 Å². The van der Waals surface area contributed by atoms with Crippen molar-refractivity contribution in [1.29, 1.82) is 0 Å². The summed E-state index contributed by atoms with van der Waals surface area (Å²) in [6.07, 6.45) is 2.77. The van der Waals surface area contributed by atoms with Gasteiger partial charge < -0.3 is 10.2 Å². The minimum Gasteiger partial charge on any atom is -0.312 e. The SMILES string of the molecule is CCN1CCCC(CNCc2cccs2)C1. The number of nitrogens with zero attached hydrogens (tertiary/aromatic N) is 1. The largest absolute Gasteiger partial charge is 0.312 e. The van der Waals surface area contributed by atoms with Crippen LogP contribution in [0.25, 0.3) is 0 Å². The minimum absolute atomic E-state index is 0.855. The molecule has 0 amide bonds. The fourth-order valence-corrected chi connectivity index (χ4v) is 3.09. The van der Waals surface area contributed by atoms with Crippen LogP contribution in [0.1, 0.15) is 24.6 Å². The van der Waals surface area contributed by atoms with Gasteiger partial charge in [0.15, 0.2) is 0 Å². The third-order valence-corrected chi connectivity index (χ3v) is 4.24. The van der Waals surface area contributed by atoms with Crippen molar-refractivity contribution in [3.8, 4) is 0 Å². The molecule has 0 radical (unpaired) electrons. The predicted molar refractivity (Wildman–Crippen MR) is 70.9 cm³/mol. The molecule has 1 atom stereocenters. The summed E-state index contributed by atoms with van der Waals surface area (Å²) in [5.41, 5.74) is 0. The Morgan fingerprint density at radius 1 is 1.56 bits per heavy atom. The Morgan fingerprint density at radius 3 is 3.25 bits per heavy atom. The highest BCUT2D eigenvalue weighted by Gasteiger charge is 2.17. The molecule has 1 saturated heterocycles. The van der Waals surface area contributed by atoms with Gasteiger partial charge in [0.2, 0.25) is 0 Å². The molecular formula is C13H22N2S. The third-order valence-electron chi connectivity index (χ3n) is 3.36. The lowest BCUT2D eigenvalue weighted by molar-refractivity contribution is 0.180. The lowest BCUT2D eigenvalue weighted by Crippen LogP contribution is -2.39. The molecule has 2 nitrogen and oxygen atoms in total. The van der Waals surface area contributed by atoms with Crippen LogP contribution in [0.4, 0.5) is 0 Å². The van der Waals surface area contributed by atoms with Gasteiger partial charge in [-0.15, -0.1) is 11.3 Å². The summed E-state index contributed by atoms with van der Waals surface area (Å²) in [5.74, 6) is 0.855. The molecule has 1 unspecified atom stereocenters. The molecule has 90 valence electrons. The molecule has 0 aromatic carbocycles. The Morgan fingerprint density at radius 2 is 2.50 bits per heavy atom. The van der Waals surface area contributed by atoms with Crippen LogP contribution < -0.4 is 5.32 Å². The summed E-state index contributed by atoms with van der Waals surface area (Å²) in [4.78, 5) is 4.02. The summed E-state index contributed by atoms with van der Waals surface area (Å²) < 4.78 is 0. The van der Waals surface area contributed by atoms with Crippen molar-refractivity contribution in [2.75, 3.05) is 26.2 Å².